The molecule has 8 heteroatoms. The van der Waals surface area contributed by atoms with Crippen LogP contribution in [-0.2, 0) is 6.54 Å². The molecular weight excluding hydrogens is 504 g/mol. The Hall–Kier alpha value is -3.00. The highest BCUT2D eigenvalue weighted by Crippen LogP contribution is 2.49. The highest BCUT2D eigenvalue weighted by molar-refractivity contribution is 5.85. The summed E-state index contributed by atoms with van der Waals surface area (Å²) in [5.41, 5.74) is 2.85. The van der Waals surface area contributed by atoms with E-state index in [0.717, 1.165) is 64.7 Å². The van der Waals surface area contributed by atoms with Gasteiger partial charge in [0.1, 0.15) is 24.4 Å². The molecule has 0 spiro atoms. The van der Waals surface area contributed by atoms with Gasteiger partial charge in [0.2, 0.25) is 5.75 Å². The summed E-state index contributed by atoms with van der Waals surface area (Å²) in [5.74, 6) is 3.59. The molecule has 3 aromatic rings. The SMILES string of the molecule is C=CC1C[N+]2(Cc3cc(OC)c(OC)c(OC)c3)CCC1C[C@H]2[C@H](O)c1ccnc2ccc(OC)cc12.Cl. The third-order valence-electron chi connectivity index (χ3n) is 8.56. The first-order valence-corrected chi connectivity index (χ1v) is 12.8. The molecule has 1 aromatic heterocycles. The van der Waals surface area contributed by atoms with Crippen molar-refractivity contribution in [1.29, 1.82) is 0 Å². The summed E-state index contributed by atoms with van der Waals surface area (Å²) < 4.78 is 23.1. The Labute approximate surface area is 231 Å². The van der Waals surface area contributed by atoms with Crippen molar-refractivity contribution in [2.75, 3.05) is 41.5 Å². The fraction of sp³-hybridized carbons (Fsp3) is 0.433. The Kier molecular flexibility index (Phi) is 8.40. The Balaban J connectivity index is 0.00000336. The number of aliphatic hydroxyl groups is 1. The minimum atomic E-state index is -0.645. The summed E-state index contributed by atoms with van der Waals surface area (Å²) in [7, 11) is 6.56. The maximum Gasteiger partial charge on any atom is 0.203 e. The summed E-state index contributed by atoms with van der Waals surface area (Å²) in [6.45, 7) is 6.85. The molecule has 204 valence electrons. The average molecular weight is 542 g/mol. The average Bonchev–Trinajstić information content (AvgIpc) is 2.95. The van der Waals surface area contributed by atoms with E-state index in [1.54, 1.807) is 34.6 Å². The molecule has 3 unspecified atom stereocenters. The van der Waals surface area contributed by atoms with E-state index in [4.69, 9.17) is 18.9 Å². The Morgan fingerprint density at radius 3 is 2.42 bits per heavy atom. The fourth-order valence-electron chi connectivity index (χ4n) is 6.71. The highest BCUT2D eigenvalue weighted by Gasteiger charge is 2.54. The van der Waals surface area contributed by atoms with Crippen molar-refractivity contribution < 1.29 is 28.5 Å². The number of aliphatic hydroxyl groups excluding tert-OH is 1. The maximum atomic E-state index is 12.0. The van der Waals surface area contributed by atoms with E-state index in [1.807, 2.05) is 36.4 Å². The Morgan fingerprint density at radius 2 is 1.79 bits per heavy atom. The van der Waals surface area contributed by atoms with Gasteiger partial charge in [0.25, 0.3) is 0 Å². The van der Waals surface area contributed by atoms with Crippen molar-refractivity contribution in [1.82, 2.24) is 4.98 Å². The van der Waals surface area contributed by atoms with Gasteiger partial charge in [-0.3, -0.25) is 4.98 Å². The molecule has 2 aromatic carbocycles. The smallest absolute Gasteiger partial charge is 0.203 e. The monoisotopic (exact) mass is 541 g/mol. The summed E-state index contributed by atoms with van der Waals surface area (Å²) in [6, 6.07) is 11.9. The zero-order valence-electron chi connectivity index (χ0n) is 22.6. The molecule has 3 aliphatic heterocycles. The number of hydrogen-bond acceptors (Lipinski definition) is 6. The van der Waals surface area contributed by atoms with Crippen molar-refractivity contribution in [2.45, 2.75) is 31.5 Å². The molecule has 1 N–H and O–H groups in total. The van der Waals surface area contributed by atoms with Crippen LogP contribution < -0.4 is 18.9 Å². The number of rotatable bonds is 9. The van der Waals surface area contributed by atoms with Crippen LogP contribution in [0.5, 0.6) is 23.0 Å². The van der Waals surface area contributed by atoms with Crippen LogP contribution in [0, 0.1) is 11.8 Å². The van der Waals surface area contributed by atoms with E-state index in [9.17, 15) is 5.11 Å². The van der Waals surface area contributed by atoms with Gasteiger partial charge in [0, 0.05) is 35.9 Å². The number of ether oxygens (including phenoxy) is 4. The lowest BCUT2D eigenvalue weighted by molar-refractivity contribution is -0.984. The number of fused-ring (bicyclic) bond motifs is 4. The van der Waals surface area contributed by atoms with E-state index in [1.165, 1.54) is 0 Å². The molecule has 6 rings (SSSR count). The van der Waals surface area contributed by atoms with E-state index in [-0.39, 0.29) is 18.4 Å². The number of methoxy groups -OCH3 is 4. The van der Waals surface area contributed by atoms with Gasteiger partial charge in [-0.25, -0.2) is 0 Å². The molecule has 2 bridgehead atoms. The zero-order chi connectivity index (χ0) is 26.2. The lowest BCUT2D eigenvalue weighted by Gasteiger charge is -2.58. The summed E-state index contributed by atoms with van der Waals surface area (Å²) >= 11 is 0. The van der Waals surface area contributed by atoms with Gasteiger partial charge in [0.05, 0.1) is 47.0 Å². The van der Waals surface area contributed by atoms with Crippen LogP contribution in [0.3, 0.4) is 0 Å². The van der Waals surface area contributed by atoms with Gasteiger partial charge >= 0.3 is 0 Å². The van der Waals surface area contributed by atoms with E-state index < -0.39 is 6.10 Å². The van der Waals surface area contributed by atoms with Crippen molar-refractivity contribution in [3.05, 3.63) is 66.4 Å². The second-order valence-corrected chi connectivity index (χ2v) is 10.3. The minimum Gasteiger partial charge on any atom is -0.497 e. The summed E-state index contributed by atoms with van der Waals surface area (Å²) in [5, 5.41) is 13.0. The predicted molar refractivity (Wildman–Crippen MR) is 150 cm³/mol. The van der Waals surface area contributed by atoms with Gasteiger partial charge in [-0.1, -0.05) is 6.08 Å². The molecular formula is C30H38ClN2O5+. The first-order valence-electron chi connectivity index (χ1n) is 12.8. The van der Waals surface area contributed by atoms with Crippen LogP contribution in [0.1, 0.15) is 30.1 Å². The van der Waals surface area contributed by atoms with Crippen LogP contribution >= 0.6 is 12.4 Å². The Morgan fingerprint density at radius 1 is 1.05 bits per heavy atom. The maximum absolute atomic E-state index is 12.0. The zero-order valence-corrected chi connectivity index (χ0v) is 23.4. The van der Waals surface area contributed by atoms with Gasteiger partial charge in [0.15, 0.2) is 11.5 Å². The second kappa shape index (κ2) is 11.4. The van der Waals surface area contributed by atoms with Crippen LogP contribution in [0.15, 0.2) is 55.3 Å². The second-order valence-electron chi connectivity index (χ2n) is 10.3. The topological polar surface area (TPSA) is 70.0 Å². The summed E-state index contributed by atoms with van der Waals surface area (Å²) in [6.07, 6.45) is 5.32. The van der Waals surface area contributed by atoms with Gasteiger partial charge in [-0.2, -0.15) is 0 Å². The van der Waals surface area contributed by atoms with E-state index >= 15 is 0 Å². The lowest BCUT2D eigenvalue weighted by atomic mass is 9.71. The van der Waals surface area contributed by atoms with Crippen LogP contribution in [-0.4, -0.2) is 62.1 Å². The van der Waals surface area contributed by atoms with E-state index in [0.29, 0.717) is 29.1 Å². The molecule has 4 heterocycles. The van der Waals surface area contributed by atoms with Crippen LogP contribution in [0.4, 0.5) is 0 Å². The Bertz CT molecular complexity index is 1280. The third kappa shape index (κ3) is 4.79. The number of aromatic nitrogens is 1. The van der Waals surface area contributed by atoms with Gasteiger partial charge in [-0.15, -0.1) is 19.0 Å². The number of nitrogens with zero attached hydrogens (tertiary/aromatic N) is 2. The number of pyridine rings is 1. The van der Waals surface area contributed by atoms with Gasteiger partial charge in [-0.05, 0) is 47.9 Å². The normalized spacial score (nSPS) is 24.8. The molecule has 0 amide bonds. The van der Waals surface area contributed by atoms with Crippen molar-refractivity contribution in [2.24, 2.45) is 11.8 Å². The standard InChI is InChI=1S/C30H37N2O5.ClH/c1-6-20-18-32(17-19-13-27(35-3)30(37-5)28(14-19)36-4)12-10-21(20)15-26(32)29(33)23-9-11-31-25-8-7-22(34-2)16-24(23)25;/h6-9,11,13-14,16,20-21,26,29,33H,1,10,12,15,17-18H2,2-5H3;1H/q+1;/t20?,21?,26-,29+,32?;/m0./s1. The number of benzene rings is 2. The molecule has 0 radical (unpaired) electrons. The van der Waals surface area contributed by atoms with Crippen molar-refractivity contribution >= 4 is 23.3 Å². The lowest BCUT2D eigenvalue weighted by Crippen LogP contribution is -2.67. The van der Waals surface area contributed by atoms with Gasteiger partial charge < -0.3 is 28.5 Å². The minimum absolute atomic E-state index is 0. The van der Waals surface area contributed by atoms with Crippen LogP contribution in [0.25, 0.3) is 10.9 Å². The quantitative estimate of drug-likeness (QED) is 0.291. The van der Waals surface area contributed by atoms with Crippen molar-refractivity contribution in [3.8, 4) is 23.0 Å². The first-order chi connectivity index (χ1) is 18.0. The number of halogens is 1. The molecule has 0 aliphatic carbocycles. The highest BCUT2D eigenvalue weighted by atomic mass is 35.5. The number of piperidine rings is 3. The van der Waals surface area contributed by atoms with E-state index in [2.05, 4.69) is 17.6 Å². The molecule has 38 heavy (non-hydrogen) atoms. The van der Waals surface area contributed by atoms with Crippen LogP contribution in [0.2, 0.25) is 0 Å². The fourth-order valence-corrected chi connectivity index (χ4v) is 6.71. The molecule has 3 saturated heterocycles. The number of quaternary nitrogens is 1. The first kappa shape index (κ1) is 28.0. The number of hydrogen-bond donors (Lipinski definition) is 1. The molecule has 3 fully saturated rings. The summed E-state index contributed by atoms with van der Waals surface area (Å²) in [4.78, 5) is 4.53. The molecule has 7 nitrogen and oxygen atoms in total. The predicted octanol–water partition coefficient (Wildman–Crippen LogP) is 5.34. The molecule has 5 atom stereocenters. The molecule has 3 aliphatic rings. The third-order valence-corrected chi connectivity index (χ3v) is 8.56. The molecule has 0 saturated carbocycles. The largest absolute Gasteiger partial charge is 0.497 e. The van der Waals surface area contributed by atoms with Crippen molar-refractivity contribution in [3.63, 3.8) is 0 Å².